The van der Waals surface area contributed by atoms with E-state index in [9.17, 15) is 8.42 Å². The minimum absolute atomic E-state index is 0.0647. The maximum atomic E-state index is 11.4. The Morgan fingerprint density at radius 2 is 1.90 bits per heavy atom. The van der Waals surface area contributed by atoms with Gasteiger partial charge in [-0.05, 0) is 30.5 Å². The van der Waals surface area contributed by atoms with Gasteiger partial charge in [0, 0.05) is 12.5 Å². The van der Waals surface area contributed by atoms with Gasteiger partial charge in [-0.2, -0.15) is 0 Å². The maximum absolute atomic E-state index is 11.4. The summed E-state index contributed by atoms with van der Waals surface area (Å²) < 4.78 is 33.7. The number of nitrogens with two attached hydrogens (primary N) is 1. The Morgan fingerprint density at radius 3 is 2.43 bits per heavy atom. The van der Waals surface area contributed by atoms with E-state index in [4.69, 9.17) is 14.6 Å². The standard InChI is InChI=1S/C15H25NO4S/c1-4-15(5-2,12-21(16,17)18)11-20-14-8-6-7-13(9-14)10-19-3/h6-9H,4-5,10-12H2,1-3H3,(H2,16,17,18). The zero-order chi connectivity index (χ0) is 15.9. The first-order valence-corrected chi connectivity index (χ1v) is 8.77. The molecule has 0 amide bonds. The summed E-state index contributed by atoms with van der Waals surface area (Å²) in [5.74, 6) is 0.648. The molecule has 1 aromatic carbocycles. The van der Waals surface area contributed by atoms with Crippen molar-refractivity contribution in [3.8, 4) is 5.75 Å². The molecule has 0 atom stereocenters. The second-order valence-corrected chi connectivity index (χ2v) is 7.00. The van der Waals surface area contributed by atoms with Crippen molar-refractivity contribution in [2.45, 2.75) is 33.3 Å². The third-order valence-corrected chi connectivity index (χ3v) is 4.78. The van der Waals surface area contributed by atoms with E-state index in [-0.39, 0.29) is 5.75 Å². The summed E-state index contributed by atoms with van der Waals surface area (Å²) in [7, 11) is -1.89. The van der Waals surface area contributed by atoms with Gasteiger partial charge in [-0.1, -0.05) is 26.0 Å². The third kappa shape index (κ3) is 6.03. The van der Waals surface area contributed by atoms with Crippen LogP contribution < -0.4 is 9.88 Å². The van der Waals surface area contributed by atoms with Crippen LogP contribution in [0.1, 0.15) is 32.3 Å². The number of primary sulfonamides is 1. The minimum atomic E-state index is -3.53. The summed E-state index contributed by atoms with van der Waals surface area (Å²) in [6, 6.07) is 7.60. The van der Waals surface area contributed by atoms with Gasteiger partial charge < -0.3 is 9.47 Å². The van der Waals surface area contributed by atoms with Gasteiger partial charge in [0.1, 0.15) is 5.75 Å². The lowest BCUT2D eigenvalue weighted by atomic mass is 9.85. The number of sulfonamides is 1. The van der Waals surface area contributed by atoms with E-state index in [1.54, 1.807) is 7.11 Å². The van der Waals surface area contributed by atoms with Crippen LogP contribution in [-0.4, -0.2) is 27.9 Å². The van der Waals surface area contributed by atoms with Crippen LogP contribution in [0.4, 0.5) is 0 Å². The SMILES string of the molecule is CCC(CC)(COc1cccc(COC)c1)CS(N)(=O)=O. The molecule has 0 bridgehead atoms. The molecular formula is C15H25NO4S. The molecule has 1 aromatic rings. The molecule has 0 aliphatic heterocycles. The Kier molecular flexibility index (Phi) is 6.64. The largest absolute Gasteiger partial charge is 0.493 e. The summed E-state index contributed by atoms with van der Waals surface area (Å²) in [5, 5.41) is 5.21. The molecule has 0 fully saturated rings. The van der Waals surface area contributed by atoms with Crippen LogP contribution in [0.25, 0.3) is 0 Å². The number of benzene rings is 1. The molecule has 0 aromatic heterocycles. The molecule has 6 heteroatoms. The first-order chi connectivity index (χ1) is 9.84. The molecule has 21 heavy (non-hydrogen) atoms. The molecule has 0 saturated carbocycles. The van der Waals surface area contributed by atoms with Crippen LogP contribution in [0, 0.1) is 5.41 Å². The van der Waals surface area contributed by atoms with Gasteiger partial charge in [0.25, 0.3) is 0 Å². The molecule has 1 rings (SSSR count). The number of ether oxygens (including phenoxy) is 2. The van der Waals surface area contributed by atoms with E-state index < -0.39 is 15.4 Å². The average Bonchev–Trinajstić information content (AvgIpc) is 2.43. The Hall–Kier alpha value is -1.11. The smallest absolute Gasteiger partial charge is 0.209 e. The molecule has 0 saturated heterocycles. The van der Waals surface area contributed by atoms with Crippen molar-refractivity contribution in [3.63, 3.8) is 0 Å². The Bertz CT molecular complexity index is 538. The molecule has 0 radical (unpaired) electrons. The van der Waals surface area contributed by atoms with E-state index in [1.807, 2.05) is 38.1 Å². The van der Waals surface area contributed by atoms with Gasteiger partial charge in [0.2, 0.25) is 10.0 Å². The first kappa shape index (κ1) is 17.9. The molecule has 2 N–H and O–H groups in total. The molecule has 0 aliphatic rings. The summed E-state index contributed by atoms with van der Waals surface area (Å²) in [6.07, 6.45) is 1.38. The summed E-state index contributed by atoms with van der Waals surface area (Å²) >= 11 is 0. The van der Waals surface area contributed by atoms with Gasteiger partial charge in [0.05, 0.1) is 19.0 Å². The predicted octanol–water partition coefficient (Wildman–Crippen LogP) is 2.31. The van der Waals surface area contributed by atoms with Crippen molar-refractivity contribution in [3.05, 3.63) is 29.8 Å². The summed E-state index contributed by atoms with van der Waals surface area (Å²) in [4.78, 5) is 0. The van der Waals surface area contributed by atoms with Crippen molar-refractivity contribution < 1.29 is 17.9 Å². The normalized spacial score (nSPS) is 12.4. The van der Waals surface area contributed by atoms with E-state index in [0.29, 0.717) is 31.8 Å². The molecule has 0 heterocycles. The molecule has 5 nitrogen and oxygen atoms in total. The lowest BCUT2D eigenvalue weighted by molar-refractivity contribution is 0.153. The van der Waals surface area contributed by atoms with Crippen molar-refractivity contribution in [1.29, 1.82) is 0 Å². The molecule has 120 valence electrons. The fraction of sp³-hybridized carbons (Fsp3) is 0.600. The Labute approximate surface area is 127 Å². The van der Waals surface area contributed by atoms with Gasteiger partial charge in [-0.25, -0.2) is 13.6 Å². The van der Waals surface area contributed by atoms with Crippen molar-refractivity contribution in [1.82, 2.24) is 0 Å². The topological polar surface area (TPSA) is 78.6 Å². The first-order valence-electron chi connectivity index (χ1n) is 7.05. The van der Waals surface area contributed by atoms with Crippen molar-refractivity contribution in [2.75, 3.05) is 19.5 Å². The minimum Gasteiger partial charge on any atom is -0.493 e. The number of hydrogen-bond acceptors (Lipinski definition) is 4. The molecule has 0 spiro atoms. The lowest BCUT2D eigenvalue weighted by Gasteiger charge is -2.30. The van der Waals surface area contributed by atoms with Crippen LogP contribution >= 0.6 is 0 Å². The van der Waals surface area contributed by atoms with Gasteiger partial charge in [-0.15, -0.1) is 0 Å². The third-order valence-electron chi connectivity index (χ3n) is 3.76. The quantitative estimate of drug-likeness (QED) is 0.758. The summed E-state index contributed by atoms with van der Waals surface area (Å²) in [6.45, 7) is 4.76. The Morgan fingerprint density at radius 1 is 1.24 bits per heavy atom. The van der Waals surface area contributed by atoms with E-state index in [1.165, 1.54) is 0 Å². The van der Waals surface area contributed by atoms with Gasteiger partial charge >= 0.3 is 0 Å². The fourth-order valence-electron chi connectivity index (χ4n) is 2.25. The van der Waals surface area contributed by atoms with Crippen LogP contribution in [0.2, 0.25) is 0 Å². The molecular weight excluding hydrogens is 290 g/mol. The summed E-state index contributed by atoms with van der Waals surface area (Å²) in [5.41, 5.74) is 0.560. The zero-order valence-corrected chi connectivity index (χ0v) is 13.8. The fourth-order valence-corrected chi connectivity index (χ4v) is 3.60. The van der Waals surface area contributed by atoms with Crippen molar-refractivity contribution >= 4 is 10.0 Å². The van der Waals surface area contributed by atoms with Gasteiger partial charge in [-0.3, -0.25) is 0 Å². The van der Waals surface area contributed by atoms with Crippen LogP contribution in [0.3, 0.4) is 0 Å². The van der Waals surface area contributed by atoms with Crippen LogP contribution in [0.5, 0.6) is 5.75 Å². The number of hydrogen-bond donors (Lipinski definition) is 1. The molecule has 0 unspecified atom stereocenters. The van der Waals surface area contributed by atoms with E-state index >= 15 is 0 Å². The monoisotopic (exact) mass is 315 g/mol. The van der Waals surface area contributed by atoms with Crippen LogP contribution in [0.15, 0.2) is 24.3 Å². The van der Waals surface area contributed by atoms with E-state index in [0.717, 1.165) is 5.56 Å². The highest BCUT2D eigenvalue weighted by molar-refractivity contribution is 7.89. The van der Waals surface area contributed by atoms with E-state index in [2.05, 4.69) is 0 Å². The highest BCUT2D eigenvalue weighted by atomic mass is 32.2. The second-order valence-electron chi connectivity index (χ2n) is 5.38. The highest BCUT2D eigenvalue weighted by Gasteiger charge is 2.32. The second kappa shape index (κ2) is 7.77. The number of rotatable bonds is 9. The van der Waals surface area contributed by atoms with Crippen LogP contribution in [-0.2, 0) is 21.4 Å². The highest BCUT2D eigenvalue weighted by Crippen LogP contribution is 2.29. The Balaban J connectivity index is 2.79. The van der Waals surface area contributed by atoms with Crippen molar-refractivity contribution in [2.24, 2.45) is 10.6 Å². The lowest BCUT2D eigenvalue weighted by Crippen LogP contribution is -2.37. The van der Waals surface area contributed by atoms with Gasteiger partial charge in [0.15, 0.2) is 0 Å². The average molecular weight is 315 g/mol. The molecule has 0 aliphatic carbocycles. The number of methoxy groups -OCH3 is 1. The predicted molar refractivity (Wildman–Crippen MR) is 83.6 cm³/mol. The zero-order valence-electron chi connectivity index (χ0n) is 13.0. The maximum Gasteiger partial charge on any atom is 0.209 e.